The molecule has 4 aromatic rings. The van der Waals surface area contributed by atoms with Gasteiger partial charge in [0, 0.05) is 17.3 Å². The maximum Gasteiger partial charge on any atom is 0.271 e. The molecule has 0 aliphatic carbocycles. The molecule has 2 heterocycles. The molecule has 2 aromatic carbocycles. The summed E-state index contributed by atoms with van der Waals surface area (Å²) in [4.78, 5) is 30.5. The monoisotopic (exact) mass is 421 g/mol. The van der Waals surface area contributed by atoms with Gasteiger partial charge in [-0.3, -0.25) is 14.0 Å². The number of unbranched alkanes of at least 4 members (excludes halogenated alkanes) is 1. The number of rotatable bonds is 6. The second-order valence-corrected chi connectivity index (χ2v) is 7.81. The highest BCUT2D eigenvalue weighted by Gasteiger charge is 2.17. The lowest BCUT2D eigenvalue weighted by molar-refractivity contribution is 0.102. The van der Waals surface area contributed by atoms with E-state index >= 15 is 0 Å². The number of nitrogens with one attached hydrogen (secondary N) is 1. The van der Waals surface area contributed by atoms with Crippen molar-refractivity contribution >= 4 is 27.9 Å². The van der Waals surface area contributed by atoms with Crippen LogP contribution in [0.15, 0.2) is 64.9 Å². The number of hydrogen-bond donors (Lipinski definition) is 1. The summed E-state index contributed by atoms with van der Waals surface area (Å²) >= 11 is 1.29. The molecule has 30 heavy (non-hydrogen) atoms. The van der Waals surface area contributed by atoms with E-state index in [0.717, 1.165) is 19.3 Å². The van der Waals surface area contributed by atoms with E-state index < -0.39 is 11.5 Å². The first-order valence-corrected chi connectivity index (χ1v) is 10.6. The highest BCUT2D eigenvalue weighted by atomic mass is 32.1. The number of nitrogens with zero attached hydrogens (tertiary/aromatic N) is 2. The molecule has 0 bridgehead atoms. The molecule has 1 amide bonds. The number of fused-ring (bicyclic) bond motifs is 1. The van der Waals surface area contributed by atoms with Gasteiger partial charge < -0.3 is 5.32 Å². The van der Waals surface area contributed by atoms with E-state index in [-0.39, 0.29) is 11.4 Å². The van der Waals surface area contributed by atoms with Crippen LogP contribution in [0.1, 0.15) is 35.7 Å². The Bertz CT molecular complexity index is 1240. The van der Waals surface area contributed by atoms with Crippen molar-refractivity contribution in [3.8, 4) is 11.3 Å². The normalized spacial score (nSPS) is 11.0. The minimum Gasteiger partial charge on any atom is -0.322 e. The van der Waals surface area contributed by atoms with Crippen LogP contribution in [0.3, 0.4) is 0 Å². The number of hydrogen-bond acceptors (Lipinski definition) is 4. The third-order valence-corrected chi connectivity index (χ3v) is 5.70. The average Bonchev–Trinajstić information content (AvgIpc) is 3.19. The second-order valence-electron chi connectivity index (χ2n) is 6.98. The first kappa shape index (κ1) is 20.0. The van der Waals surface area contributed by atoms with E-state index in [2.05, 4.69) is 17.2 Å². The van der Waals surface area contributed by atoms with E-state index in [4.69, 9.17) is 0 Å². The number of halogens is 1. The molecule has 152 valence electrons. The summed E-state index contributed by atoms with van der Waals surface area (Å²) in [6.07, 6.45) is 4.54. The van der Waals surface area contributed by atoms with Crippen molar-refractivity contribution in [3.05, 3.63) is 87.4 Å². The largest absolute Gasteiger partial charge is 0.322 e. The Labute approximate surface area is 176 Å². The highest BCUT2D eigenvalue weighted by Crippen LogP contribution is 2.24. The van der Waals surface area contributed by atoms with Gasteiger partial charge >= 0.3 is 0 Å². The standard InChI is InChI=1S/C23H20FN3O2S/c1-2-3-4-15-5-11-18(12-6-15)26-21(28)19-13-25-23-27(22(19)29)20(14-30-23)16-7-9-17(24)10-8-16/h5-14H,2-4H2,1H3,(H,26,28). The third kappa shape index (κ3) is 4.02. The topological polar surface area (TPSA) is 63.5 Å². The fraction of sp³-hybridized carbons (Fsp3) is 0.174. The Hall–Kier alpha value is -3.32. The number of anilines is 1. The van der Waals surface area contributed by atoms with E-state index in [1.54, 1.807) is 17.5 Å². The Morgan fingerprint density at radius 2 is 1.87 bits per heavy atom. The lowest BCUT2D eigenvalue weighted by Gasteiger charge is -2.07. The maximum absolute atomic E-state index is 13.3. The van der Waals surface area contributed by atoms with Crippen LogP contribution in [0.5, 0.6) is 0 Å². The van der Waals surface area contributed by atoms with Gasteiger partial charge in [-0.15, -0.1) is 11.3 Å². The van der Waals surface area contributed by atoms with Crippen LogP contribution in [0, 0.1) is 5.82 Å². The maximum atomic E-state index is 13.3. The van der Waals surface area contributed by atoms with Gasteiger partial charge in [0.2, 0.25) is 0 Å². The molecular weight excluding hydrogens is 401 g/mol. The van der Waals surface area contributed by atoms with Crippen LogP contribution in [0.2, 0.25) is 0 Å². The highest BCUT2D eigenvalue weighted by molar-refractivity contribution is 7.15. The summed E-state index contributed by atoms with van der Waals surface area (Å²) in [7, 11) is 0. The lowest BCUT2D eigenvalue weighted by Crippen LogP contribution is -2.26. The van der Waals surface area contributed by atoms with Crippen molar-refractivity contribution in [1.82, 2.24) is 9.38 Å². The molecule has 0 fully saturated rings. The molecule has 2 aromatic heterocycles. The zero-order valence-corrected chi connectivity index (χ0v) is 17.2. The van der Waals surface area contributed by atoms with Crippen molar-refractivity contribution in [2.24, 2.45) is 0 Å². The van der Waals surface area contributed by atoms with Crippen molar-refractivity contribution in [2.75, 3.05) is 5.32 Å². The molecule has 1 N–H and O–H groups in total. The van der Waals surface area contributed by atoms with Gasteiger partial charge in [-0.05, 0) is 60.4 Å². The third-order valence-electron chi connectivity index (χ3n) is 4.86. The first-order chi connectivity index (χ1) is 14.6. The van der Waals surface area contributed by atoms with E-state index in [1.807, 2.05) is 24.3 Å². The molecule has 0 unspecified atom stereocenters. The predicted octanol–water partition coefficient (Wildman–Crippen LogP) is 5.16. The number of carbonyl (C=O) groups excluding carboxylic acids is 1. The average molecular weight is 421 g/mol. The summed E-state index contributed by atoms with van der Waals surface area (Å²) < 4.78 is 14.6. The van der Waals surface area contributed by atoms with Crippen molar-refractivity contribution in [3.63, 3.8) is 0 Å². The SMILES string of the molecule is CCCCc1ccc(NC(=O)c2cnc3scc(-c4ccc(F)cc4)n3c2=O)cc1. The molecule has 0 saturated heterocycles. The Morgan fingerprint density at radius 1 is 1.13 bits per heavy atom. The van der Waals surface area contributed by atoms with Crippen molar-refractivity contribution in [1.29, 1.82) is 0 Å². The van der Waals surface area contributed by atoms with Gasteiger partial charge in [-0.1, -0.05) is 25.5 Å². The minimum atomic E-state index is -0.514. The molecule has 5 nitrogen and oxygen atoms in total. The lowest BCUT2D eigenvalue weighted by atomic mass is 10.1. The van der Waals surface area contributed by atoms with E-state index in [9.17, 15) is 14.0 Å². The van der Waals surface area contributed by atoms with Crippen molar-refractivity contribution in [2.45, 2.75) is 26.2 Å². The molecule has 4 rings (SSSR count). The van der Waals surface area contributed by atoms with Crippen LogP contribution in [-0.2, 0) is 6.42 Å². The molecule has 0 saturated carbocycles. The van der Waals surface area contributed by atoms with Crippen molar-refractivity contribution < 1.29 is 9.18 Å². The van der Waals surface area contributed by atoms with Crippen LogP contribution in [-0.4, -0.2) is 15.3 Å². The molecule has 0 aliphatic heterocycles. The van der Waals surface area contributed by atoms with Crippen LogP contribution < -0.4 is 10.9 Å². The van der Waals surface area contributed by atoms with Crippen LogP contribution in [0.4, 0.5) is 10.1 Å². The first-order valence-electron chi connectivity index (χ1n) is 9.72. The number of aromatic nitrogens is 2. The summed E-state index contributed by atoms with van der Waals surface area (Å²) in [6.45, 7) is 2.15. The smallest absolute Gasteiger partial charge is 0.271 e. The number of amides is 1. The summed E-state index contributed by atoms with van der Waals surface area (Å²) in [6, 6.07) is 13.5. The summed E-state index contributed by atoms with van der Waals surface area (Å²) in [5.74, 6) is -0.871. The number of thiazole rings is 1. The Morgan fingerprint density at radius 3 is 2.57 bits per heavy atom. The van der Waals surface area contributed by atoms with Gasteiger partial charge in [-0.2, -0.15) is 0 Å². The predicted molar refractivity (Wildman–Crippen MR) is 118 cm³/mol. The summed E-state index contributed by atoms with van der Waals surface area (Å²) in [5, 5.41) is 4.54. The van der Waals surface area contributed by atoms with Gasteiger partial charge in [0.15, 0.2) is 4.96 Å². The van der Waals surface area contributed by atoms with E-state index in [0.29, 0.717) is 21.9 Å². The van der Waals surface area contributed by atoms with Crippen LogP contribution in [0.25, 0.3) is 16.2 Å². The zero-order valence-electron chi connectivity index (χ0n) is 16.4. The molecular formula is C23H20FN3O2S. The molecule has 0 radical (unpaired) electrons. The molecule has 7 heteroatoms. The molecule has 0 spiro atoms. The number of aryl methyl sites for hydroxylation is 1. The minimum absolute atomic E-state index is 0.0516. The van der Waals surface area contributed by atoms with Gasteiger partial charge in [-0.25, -0.2) is 9.37 Å². The Kier molecular flexibility index (Phi) is 5.72. The molecule has 0 atom stereocenters. The quantitative estimate of drug-likeness (QED) is 0.468. The Balaban J connectivity index is 1.63. The number of benzene rings is 2. The van der Waals surface area contributed by atoms with Crippen LogP contribution >= 0.6 is 11.3 Å². The van der Waals surface area contributed by atoms with Gasteiger partial charge in [0.25, 0.3) is 11.5 Å². The molecule has 0 aliphatic rings. The van der Waals surface area contributed by atoms with Gasteiger partial charge in [0.05, 0.1) is 5.69 Å². The number of carbonyl (C=O) groups is 1. The fourth-order valence-electron chi connectivity index (χ4n) is 3.20. The fourth-order valence-corrected chi connectivity index (χ4v) is 4.06. The van der Waals surface area contributed by atoms with E-state index in [1.165, 1.54) is 39.6 Å². The van der Waals surface area contributed by atoms with Gasteiger partial charge in [0.1, 0.15) is 11.4 Å². The second kappa shape index (κ2) is 8.59. The summed E-state index contributed by atoms with van der Waals surface area (Å²) in [5.41, 5.74) is 2.56. The zero-order chi connectivity index (χ0) is 21.1.